The summed E-state index contributed by atoms with van der Waals surface area (Å²) in [6, 6.07) is 0. The monoisotopic (exact) mass is 985 g/mol. The molecule has 2 aliphatic heterocycles. The summed E-state index contributed by atoms with van der Waals surface area (Å²) in [6.07, 6.45) is 8.45. The van der Waals surface area contributed by atoms with Gasteiger partial charge in [0.25, 0.3) is 0 Å². The molecular weight excluding hydrogens is 950 g/mol. The Morgan fingerprint density at radius 3 is 1.44 bits per heavy atom. The van der Waals surface area contributed by atoms with Crippen LogP contribution in [-0.4, -0.2) is 48.7 Å². The molecule has 0 aromatic rings. The van der Waals surface area contributed by atoms with Crippen LogP contribution in [0.15, 0.2) is 0 Å². The second-order valence-corrected chi connectivity index (χ2v) is 21.7. The molecule has 2 saturated heterocycles. The van der Waals surface area contributed by atoms with Crippen LogP contribution in [0.2, 0.25) is 0 Å². The fraction of sp³-hybridized carbons (Fsp3) is 0.882. The predicted molar refractivity (Wildman–Crippen MR) is 133 cm³/mol. The van der Waals surface area contributed by atoms with Gasteiger partial charge in [0.1, 0.15) is 0 Å². The van der Waals surface area contributed by atoms with E-state index in [2.05, 4.69) is 79.0 Å². The van der Waals surface area contributed by atoms with Crippen LogP contribution in [0.5, 0.6) is 0 Å². The molecular formula is C17H35I4N2O2Y2-3. The van der Waals surface area contributed by atoms with Crippen molar-refractivity contribution in [2.45, 2.75) is 53.9 Å². The van der Waals surface area contributed by atoms with Crippen LogP contribution < -0.4 is 18.6 Å². The van der Waals surface area contributed by atoms with Gasteiger partial charge in [0, 0.05) is 65.4 Å². The second kappa shape index (κ2) is 40.6. The van der Waals surface area contributed by atoms with Crippen molar-refractivity contribution in [3.8, 4) is 0 Å². The number of nitrogens with one attached hydrogen (secondary N) is 1. The number of hydrogen-bond donors (Lipinski definition) is 1. The Hall–Kier alpha value is 4.23. The van der Waals surface area contributed by atoms with E-state index in [0.717, 1.165) is 37.8 Å². The minimum absolute atomic E-state index is 0. The van der Waals surface area contributed by atoms with Gasteiger partial charge in [-0.2, -0.15) is 13.3 Å². The minimum Gasteiger partial charge on any atom is 0 e. The average Bonchev–Trinajstić information content (AvgIpc) is 2.60. The van der Waals surface area contributed by atoms with Crippen LogP contribution in [0.3, 0.4) is 0 Å². The molecule has 0 spiro atoms. The number of nitrogens with zero attached hydrogens (tertiary/aromatic N) is 1. The van der Waals surface area contributed by atoms with Crippen LogP contribution in [0.25, 0.3) is 0 Å². The number of likely N-dealkylation sites (tertiary alicyclic amines) is 1. The van der Waals surface area contributed by atoms with E-state index in [-0.39, 0.29) is 72.8 Å². The normalized spacial score (nSPS) is 15.4. The predicted octanol–water partition coefficient (Wildman–Crippen LogP) is 2.37. The van der Waals surface area contributed by atoms with Crippen molar-refractivity contribution in [3.05, 3.63) is 0 Å². The maximum absolute atomic E-state index is 10.1. The van der Waals surface area contributed by atoms with Crippen LogP contribution in [0.4, 0.5) is 0 Å². The third-order valence-corrected chi connectivity index (χ3v) is 3.54. The van der Waals surface area contributed by atoms with E-state index in [9.17, 15) is 4.79 Å². The van der Waals surface area contributed by atoms with E-state index in [0.29, 0.717) is 13.3 Å². The molecule has 4 nitrogen and oxygen atoms in total. The zero-order valence-electron chi connectivity index (χ0n) is 16.2. The molecule has 0 aliphatic carbocycles. The first-order valence-corrected chi connectivity index (χ1v) is 22.7. The molecule has 1 amide bonds. The number of piperidine rings is 2. The molecule has 162 valence electrons. The minimum atomic E-state index is 0. The van der Waals surface area contributed by atoms with E-state index in [1.807, 2.05) is 11.3 Å². The molecule has 10 heteroatoms. The molecule has 2 aliphatic rings. The molecule has 1 N–H and O–H groups in total. The molecule has 0 unspecified atom stereocenters. The van der Waals surface area contributed by atoms with Gasteiger partial charge in [-0.1, -0.05) is 43.9 Å². The number of carbonyl (C=O) groups excluding carboxylic acids is 2. The quantitative estimate of drug-likeness (QED) is 0.250. The van der Waals surface area contributed by atoms with Gasteiger partial charge in [-0.3, -0.25) is 6.29 Å². The smallest absolute Gasteiger partial charge is 0 e. The van der Waals surface area contributed by atoms with E-state index in [1.54, 1.807) is 4.90 Å². The maximum atomic E-state index is 10.1. The number of halogens is 4. The molecule has 27 heavy (non-hydrogen) atoms. The number of hydrogen-bond acceptors (Lipinski definition) is 3. The third-order valence-electron chi connectivity index (χ3n) is 3.54. The van der Waals surface area contributed by atoms with Gasteiger partial charge in [0.2, 0.25) is 0 Å². The first-order valence-electron chi connectivity index (χ1n) is 7.92. The van der Waals surface area contributed by atoms with Crippen molar-refractivity contribution in [1.29, 1.82) is 0 Å². The Morgan fingerprint density at radius 1 is 0.926 bits per heavy atom. The Morgan fingerprint density at radius 2 is 1.22 bits per heavy atom. The molecule has 0 aromatic carbocycles. The Balaban J connectivity index is -0.0000000555. The second-order valence-electron chi connectivity index (χ2n) is 5.45. The maximum Gasteiger partial charge on any atom is 0 e. The Labute approximate surface area is 262 Å². The first kappa shape index (κ1) is 44.8. The summed E-state index contributed by atoms with van der Waals surface area (Å²) < 4.78 is 0. The van der Waals surface area contributed by atoms with E-state index in [4.69, 9.17) is 4.79 Å². The van der Waals surface area contributed by atoms with Crippen molar-refractivity contribution in [3.63, 3.8) is 0 Å². The van der Waals surface area contributed by atoms with Gasteiger partial charge in [-0.15, -0.1) is 0 Å². The van der Waals surface area contributed by atoms with Crippen LogP contribution in [-0.2, 0) is 75.0 Å². The number of amides is 1. The largest absolute Gasteiger partial charge is 0 e. The van der Waals surface area contributed by atoms with Crippen molar-refractivity contribution in [2.75, 3.05) is 31.1 Å². The van der Waals surface area contributed by atoms with E-state index in [1.165, 1.54) is 39.1 Å². The van der Waals surface area contributed by atoms with Crippen molar-refractivity contribution >= 4 is 72.5 Å². The SMILES string of the molecule is C.CC1CCN([C-]=O)CC1.CC1CCNCC1.CI.C[C-]=O.I[I-]I.[Y].[Y]. The van der Waals surface area contributed by atoms with Gasteiger partial charge in [0.05, 0.1) is 0 Å². The van der Waals surface area contributed by atoms with E-state index >= 15 is 0 Å². The molecule has 0 saturated carbocycles. The molecule has 0 aromatic heterocycles. The molecule has 2 radical (unpaired) electrons. The van der Waals surface area contributed by atoms with Crippen molar-refractivity contribution < 1.29 is 88.3 Å². The zero-order chi connectivity index (χ0) is 19.2. The fourth-order valence-corrected chi connectivity index (χ4v) is 2.07. The summed E-state index contributed by atoms with van der Waals surface area (Å²) in [4.78, 5) is 22.4. The Kier molecular flexibility index (Phi) is 67.4. The molecule has 2 heterocycles. The fourth-order valence-electron chi connectivity index (χ4n) is 2.07. The van der Waals surface area contributed by atoms with Crippen LogP contribution >= 0.6 is 59.8 Å². The standard InChI is InChI=1S/C7H12NO.C6H13N.C2H3O.CH3I.CH4.I3.2Y/c1-7-2-4-8(6-9)5-3-7;1-6-2-4-7-5-3-6;1-2-3;1-2;;1-3-2;;/h7H,2-5H2,1H3;6-7H,2-5H2,1H3;1H3;1H3;1H4;;;/q-1;;-1;;;-1;;. The van der Waals surface area contributed by atoms with Gasteiger partial charge in [0.15, 0.2) is 0 Å². The van der Waals surface area contributed by atoms with Crippen LogP contribution in [0, 0.1) is 11.8 Å². The van der Waals surface area contributed by atoms with Gasteiger partial charge < -0.3 is 19.8 Å². The van der Waals surface area contributed by atoms with Gasteiger partial charge in [-0.25, -0.2) is 0 Å². The molecule has 2 fully saturated rings. The molecule has 0 atom stereocenters. The van der Waals surface area contributed by atoms with Crippen molar-refractivity contribution in [1.82, 2.24) is 10.2 Å². The number of alkyl halides is 1. The zero-order valence-corrected chi connectivity index (χ0v) is 30.5. The number of rotatable bonds is 1. The topological polar surface area (TPSA) is 49.4 Å². The average molecular weight is 985 g/mol. The molecule has 0 bridgehead atoms. The summed E-state index contributed by atoms with van der Waals surface area (Å²) >= 11 is 7.45. The summed E-state index contributed by atoms with van der Waals surface area (Å²) in [6.45, 7) is 10.2. The van der Waals surface area contributed by atoms with E-state index < -0.39 is 0 Å². The molecule has 2 rings (SSSR count). The summed E-state index contributed by atoms with van der Waals surface area (Å²) in [5.74, 6) is 1.77. The Bertz CT molecular complexity index is 259. The summed E-state index contributed by atoms with van der Waals surface area (Å²) in [5, 5.41) is 3.32. The summed E-state index contributed by atoms with van der Waals surface area (Å²) in [7, 11) is 0. The van der Waals surface area contributed by atoms with Gasteiger partial charge in [-0.05, 0) is 68.6 Å². The van der Waals surface area contributed by atoms with Crippen molar-refractivity contribution in [2.24, 2.45) is 11.8 Å². The van der Waals surface area contributed by atoms with Gasteiger partial charge >= 0.3 is 50.5 Å². The third kappa shape index (κ3) is 41.0. The van der Waals surface area contributed by atoms with Crippen LogP contribution in [0.1, 0.15) is 53.9 Å². The first-order chi connectivity index (χ1) is 11.5. The summed E-state index contributed by atoms with van der Waals surface area (Å²) in [5.41, 5.74) is 0.